The molecule has 3 heteroatoms. The van der Waals surface area contributed by atoms with E-state index in [4.69, 9.17) is 4.74 Å². The quantitative estimate of drug-likeness (QED) is 0.723. The van der Waals surface area contributed by atoms with Crippen molar-refractivity contribution in [2.75, 3.05) is 13.2 Å². The number of benzene rings is 1. The van der Waals surface area contributed by atoms with Gasteiger partial charge in [0.1, 0.15) is 12.4 Å². The first-order chi connectivity index (χ1) is 9.95. The van der Waals surface area contributed by atoms with Gasteiger partial charge in [-0.2, -0.15) is 0 Å². The second kappa shape index (κ2) is 8.40. The molecule has 0 aliphatic carbocycles. The van der Waals surface area contributed by atoms with Crippen molar-refractivity contribution in [3.05, 3.63) is 29.3 Å². The van der Waals surface area contributed by atoms with E-state index in [-0.39, 0.29) is 6.04 Å². The number of hydrogen-bond acceptors (Lipinski definition) is 3. The van der Waals surface area contributed by atoms with Crippen molar-refractivity contribution in [2.45, 2.75) is 65.5 Å². The SMILES string of the molecule is CCCNC(C)c1cc(C)ccc1OCC(O)(CC)CC. The third-order valence-corrected chi connectivity index (χ3v) is 4.14. The summed E-state index contributed by atoms with van der Waals surface area (Å²) in [7, 11) is 0. The fraction of sp³-hybridized carbons (Fsp3) is 0.667. The van der Waals surface area contributed by atoms with E-state index in [1.54, 1.807) is 0 Å². The van der Waals surface area contributed by atoms with Gasteiger partial charge in [-0.05, 0) is 45.7 Å². The normalized spacial score (nSPS) is 13.2. The molecule has 1 atom stereocenters. The molecule has 1 aromatic carbocycles. The van der Waals surface area contributed by atoms with E-state index in [0.717, 1.165) is 24.3 Å². The molecule has 0 amide bonds. The van der Waals surface area contributed by atoms with E-state index in [2.05, 4.69) is 38.2 Å². The molecule has 21 heavy (non-hydrogen) atoms. The maximum Gasteiger partial charge on any atom is 0.124 e. The molecule has 0 bridgehead atoms. The molecule has 0 aliphatic heterocycles. The predicted molar refractivity (Wildman–Crippen MR) is 88.9 cm³/mol. The summed E-state index contributed by atoms with van der Waals surface area (Å²) < 4.78 is 5.95. The fourth-order valence-corrected chi connectivity index (χ4v) is 2.27. The molecule has 0 saturated carbocycles. The van der Waals surface area contributed by atoms with Gasteiger partial charge in [-0.1, -0.05) is 38.5 Å². The zero-order valence-corrected chi connectivity index (χ0v) is 14.2. The van der Waals surface area contributed by atoms with Crippen molar-refractivity contribution < 1.29 is 9.84 Å². The Morgan fingerprint density at radius 2 is 1.90 bits per heavy atom. The fourth-order valence-electron chi connectivity index (χ4n) is 2.27. The molecular weight excluding hydrogens is 262 g/mol. The molecule has 0 aliphatic rings. The third kappa shape index (κ3) is 5.33. The Bertz CT molecular complexity index is 427. The molecule has 0 saturated heterocycles. The van der Waals surface area contributed by atoms with E-state index in [1.165, 1.54) is 5.56 Å². The minimum Gasteiger partial charge on any atom is -0.490 e. The molecule has 2 N–H and O–H groups in total. The van der Waals surface area contributed by atoms with Crippen LogP contribution in [0.5, 0.6) is 5.75 Å². The van der Waals surface area contributed by atoms with Crippen LogP contribution in [-0.4, -0.2) is 23.9 Å². The number of hydrogen-bond donors (Lipinski definition) is 2. The highest BCUT2D eigenvalue weighted by Gasteiger charge is 2.24. The Morgan fingerprint density at radius 1 is 1.24 bits per heavy atom. The largest absolute Gasteiger partial charge is 0.490 e. The minimum absolute atomic E-state index is 0.246. The van der Waals surface area contributed by atoms with Crippen molar-refractivity contribution in [1.29, 1.82) is 0 Å². The van der Waals surface area contributed by atoms with Crippen LogP contribution in [0.15, 0.2) is 18.2 Å². The van der Waals surface area contributed by atoms with Gasteiger partial charge in [0.05, 0.1) is 5.60 Å². The maximum absolute atomic E-state index is 10.4. The Morgan fingerprint density at radius 3 is 2.48 bits per heavy atom. The lowest BCUT2D eigenvalue weighted by molar-refractivity contribution is -0.0117. The van der Waals surface area contributed by atoms with Crippen LogP contribution >= 0.6 is 0 Å². The van der Waals surface area contributed by atoms with Crippen LogP contribution in [-0.2, 0) is 0 Å². The lowest BCUT2D eigenvalue weighted by Gasteiger charge is -2.27. The average molecular weight is 293 g/mol. The molecule has 0 spiro atoms. The molecule has 0 radical (unpaired) electrons. The van der Waals surface area contributed by atoms with Gasteiger partial charge in [-0.15, -0.1) is 0 Å². The summed E-state index contributed by atoms with van der Waals surface area (Å²) in [5, 5.41) is 13.9. The van der Waals surface area contributed by atoms with Crippen molar-refractivity contribution >= 4 is 0 Å². The lowest BCUT2D eigenvalue weighted by Crippen LogP contribution is -2.34. The van der Waals surface area contributed by atoms with Crippen molar-refractivity contribution in [3.8, 4) is 5.75 Å². The number of nitrogens with one attached hydrogen (secondary N) is 1. The Kier molecular flexibility index (Phi) is 7.20. The Labute approximate surface area is 129 Å². The predicted octanol–water partition coefficient (Wildman–Crippen LogP) is 3.99. The number of aryl methyl sites for hydroxylation is 1. The summed E-state index contributed by atoms with van der Waals surface area (Å²) >= 11 is 0. The van der Waals surface area contributed by atoms with Gasteiger partial charge in [0.15, 0.2) is 0 Å². The van der Waals surface area contributed by atoms with Crippen LogP contribution in [0.1, 0.15) is 64.1 Å². The number of aliphatic hydroxyl groups is 1. The summed E-state index contributed by atoms with van der Waals surface area (Å²) in [6, 6.07) is 6.49. The van der Waals surface area contributed by atoms with E-state index < -0.39 is 5.60 Å². The van der Waals surface area contributed by atoms with Gasteiger partial charge in [0.2, 0.25) is 0 Å². The second-order valence-electron chi connectivity index (χ2n) is 5.94. The highest BCUT2D eigenvalue weighted by atomic mass is 16.5. The van der Waals surface area contributed by atoms with Crippen molar-refractivity contribution in [1.82, 2.24) is 5.32 Å². The zero-order valence-electron chi connectivity index (χ0n) is 14.2. The highest BCUT2D eigenvalue weighted by Crippen LogP contribution is 2.28. The molecule has 1 unspecified atom stereocenters. The molecule has 0 heterocycles. The van der Waals surface area contributed by atoms with Crippen LogP contribution in [0.3, 0.4) is 0 Å². The van der Waals surface area contributed by atoms with Crippen molar-refractivity contribution in [3.63, 3.8) is 0 Å². The zero-order chi connectivity index (χ0) is 15.9. The minimum atomic E-state index is -0.734. The van der Waals surface area contributed by atoms with E-state index in [9.17, 15) is 5.11 Å². The molecule has 1 rings (SSSR count). The van der Waals surface area contributed by atoms with E-state index >= 15 is 0 Å². The highest BCUT2D eigenvalue weighted by molar-refractivity contribution is 5.39. The monoisotopic (exact) mass is 293 g/mol. The van der Waals surface area contributed by atoms with Crippen LogP contribution in [0.4, 0.5) is 0 Å². The Balaban J connectivity index is 2.86. The first-order valence-corrected chi connectivity index (χ1v) is 8.14. The maximum atomic E-state index is 10.4. The summed E-state index contributed by atoms with van der Waals surface area (Å²) in [4.78, 5) is 0. The van der Waals surface area contributed by atoms with Gasteiger partial charge < -0.3 is 15.2 Å². The van der Waals surface area contributed by atoms with Crippen LogP contribution in [0, 0.1) is 6.92 Å². The topological polar surface area (TPSA) is 41.5 Å². The molecule has 0 fully saturated rings. The number of ether oxygens (including phenoxy) is 1. The molecule has 0 aromatic heterocycles. The van der Waals surface area contributed by atoms with Gasteiger partial charge in [-0.25, -0.2) is 0 Å². The first-order valence-electron chi connectivity index (χ1n) is 8.14. The van der Waals surface area contributed by atoms with E-state index in [1.807, 2.05) is 19.9 Å². The molecule has 3 nitrogen and oxygen atoms in total. The molecular formula is C18H31NO2. The summed E-state index contributed by atoms with van der Waals surface area (Å²) in [6.07, 6.45) is 2.51. The van der Waals surface area contributed by atoms with Gasteiger partial charge in [0.25, 0.3) is 0 Å². The lowest BCUT2D eigenvalue weighted by atomic mass is 9.98. The average Bonchev–Trinajstić information content (AvgIpc) is 2.51. The molecule has 120 valence electrons. The van der Waals surface area contributed by atoms with Gasteiger partial charge >= 0.3 is 0 Å². The first kappa shape index (κ1) is 18.0. The summed E-state index contributed by atoms with van der Waals surface area (Å²) in [5.74, 6) is 0.872. The second-order valence-corrected chi connectivity index (χ2v) is 5.94. The summed E-state index contributed by atoms with van der Waals surface area (Å²) in [6.45, 7) is 11.7. The van der Waals surface area contributed by atoms with Crippen LogP contribution in [0.2, 0.25) is 0 Å². The standard InChI is InChI=1S/C18H31NO2/c1-6-11-19-15(5)16-12-14(4)9-10-17(16)21-13-18(20,7-2)8-3/h9-10,12,15,19-20H,6-8,11,13H2,1-5H3. The molecule has 1 aromatic rings. The van der Waals surface area contributed by atoms with Crippen LogP contribution in [0.25, 0.3) is 0 Å². The smallest absolute Gasteiger partial charge is 0.124 e. The Hall–Kier alpha value is -1.06. The summed E-state index contributed by atoms with van der Waals surface area (Å²) in [5.41, 5.74) is 1.66. The van der Waals surface area contributed by atoms with Gasteiger partial charge in [0, 0.05) is 11.6 Å². The van der Waals surface area contributed by atoms with Crippen LogP contribution < -0.4 is 10.1 Å². The number of rotatable bonds is 9. The van der Waals surface area contributed by atoms with Gasteiger partial charge in [-0.3, -0.25) is 0 Å². The van der Waals surface area contributed by atoms with Crippen molar-refractivity contribution in [2.24, 2.45) is 0 Å². The van der Waals surface area contributed by atoms with E-state index in [0.29, 0.717) is 19.4 Å². The third-order valence-electron chi connectivity index (χ3n) is 4.14.